The molecule has 1 aromatic heterocycles. The van der Waals surface area contributed by atoms with E-state index < -0.39 is 0 Å². The average Bonchev–Trinajstić information content (AvgIpc) is 3.15. The van der Waals surface area contributed by atoms with Crippen molar-refractivity contribution in [2.45, 2.75) is 33.6 Å². The monoisotopic (exact) mass is 405 g/mol. The number of aliphatic imine (C=N–C) groups is 1. The summed E-state index contributed by atoms with van der Waals surface area (Å²) in [6.07, 6.45) is 3.73. The largest absolute Gasteiger partial charge is 0.357 e. The highest BCUT2D eigenvalue weighted by atomic mass is 32.1. The van der Waals surface area contributed by atoms with Crippen LogP contribution in [0.1, 0.15) is 39.7 Å². The van der Waals surface area contributed by atoms with Crippen molar-refractivity contribution >= 4 is 23.2 Å². The summed E-state index contributed by atoms with van der Waals surface area (Å²) in [5, 5.41) is 10.2. The lowest BCUT2D eigenvalue weighted by Crippen LogP contribution is -2.41. The maximum Gasteiger partial charge on any atom is 0.251 e. The smallest absolute Gasteiger partial charge is 0.251 e. The third-order valence-electron chi connectivity index (χ3n) is 4.03. The van der Waals surface area contributed by atoms with Gasteiger partial charge in [0.05, 0.1) is 5.01 Å². The van der Waals surface area contributed by atoms with Crippen LogP contribution in [-0.4, -0.2) is 43.0 Å². The number of thiazole rings is 1. The van der Waals surface area contributed by atoms with Gasteiger partial charge in [0.1, 0.15) is 5.82 Å². The predicted molar refractivity (Wildman–Crippen MR) is 113 cm³/mol. The van der Waals surface area contributed by atoms with E-state index >= 15 is 0 Å². The molecule has 2 rings (SSSR count). The molecule has 0 spiro atoms. The van der Waals surface area contributed by atoms with Crippen LogP contribution in [0.25, 0.3) is 0 Å². The number of hydrogen-bond donors (Lipinski definition) is 3. The van der Waals surface area contributed by atoms with E-state index in [1.807, 2.05) is 13.1 Å². The van der Waals surface area contributed by atoms with Crippen LogP contribution in [0.3, 0.4) is 0 Å². The first-order chi connectivity index (χ1) is 13.5. The SMILES string of the molecule is CCNC(=NCCc1ncc(CC)s1)NCCNC(=O)c1ccc(C)c(F)c1. The molecule has 6 nitrogen and oxygen atoms in total. The van der Waals surface area contributed by atoms with Gasteiger partial charge in [-0.05, 0) is 38.0 Å². The third kappa shape index (κ3) is 6.92. The number of rotatable bonds is 9. The average molecular weight is 406 g/mol. The molecule has 0 unspecified atom stereocenters. The summed E-state index contributed by atoms with van der Waals surface area (Å²) in [4.78, 5) is 22.3. The molecule has 0 fully saturated rings. The molecule has 0 radical (unpaired) electrons. The maximum atomic E-state index is 13.6. The maximum absolute atomic E-state index is 13.6. The number of halogens is 1. The van der Waals surface area contributed by atoms with Gasteiger partial charge in [-0.25, -0.2) is 9.37 Å². The number of aromatic nitrogens is 1. The number of nitrogens with one attached hydrogen (secondary N) is 3. The van der Waals surface area contributed by atoms with E-state index in [-0.39, 0.29) is 11.7 Å². The number of nitrogens with zero attached hydrogens (tertiary/aromatic N) is 2. The van der Waals surface area contributed by atoms with Crippen LogP contribution in [0.15, 0.2) is 29.4 Å². The van der Waals surface area contributed by atoms with Crippen molar-refractivity contribution in [3.05, 3.63) is 51.2 Å². The van der Waals surface area contributed by atoms with Crippen molar-refractivity contribution in [1.29, 1.82) is 0 Å². The van der Waals surface area contributed by atoms with Gasteiger partial charge in [-0.1, -0.05) is 13.0 Å². The summed E-state index contributed by atoms with van der Waals surface area (Å²) in [6, 6.07) is 4.48. The van der Waals surface area contributed by atoms with E-state index in [0.29, 0.717) is 36.7 Å². The quantitative estimate of drug-likeness (QED) is 0.341. The molecule has 0 aliphatic carbocycles. The summed E-state index contributed by atoms with van der Waals surface area (Å²) in [7, 11) is 0. The first-order valence-corrected chi connectivity index (χ1v) is 10.3. The second-order valence-corrected chi connectivity index (χ2v) is 7.43. The van der Waals surface area contributed by atoms with Gasteiger partial charge in [0.2, 0.25) is 0 Å². The van der Waals surface area contributed by atoms with Gasteiger partial charge in [0.15, 0.2) is 5.96 Å². The van der Waals surface area contributed by atoms with Crippen molar-refractivity contribution in [2.75, 3.05) is 26.2 Å². The standard InChI is InChI=1S/C20H28FN5OS/c1-4-16-13-26-18(28-16)8-9-24-20(22-5-2)25-11-10-23-19(27)15-7-6-14(3)17(21)12-15/h6-7,12-13H,4-5,8-11H2,1-3H3,(H,23,27)(H2,22,24,25). The lowest BCUT2D eigenvalue weighted by molar-refractivity contribution is 0.0954. The summed E-state index contributed by atoms with van der Waals surface area (Å²) in [5.74, 6) is 0.0298. The van der Waals surface area contributed by atoms with Crippen LogP contribution in [0.2, 0.25) is 0 Å². The molecule has 0 aliphatic rings. The summed E-state index contributed by atoms with van der Waals surface area (Å²) >= 11 is 1.73. The molecule has 0 aliphatic heterocycles. The van der Waals surface area contributed by atoms with E-state index in [0.717, 1.165) is 24.4 Å². The molecule has 0 atom stereocenters. The minimum Gasteiger partial charge on any atom is -0.357 e. The number of amides is 1. The second-order valence-electron chi connectivity index (χ2n) is 6.23. The fourth-order valence-electron chi connectivity index (χ4n) is 2.43. The molecular weight excluding hydrogens is 377 g/mol. The molecule has 1 amide bonds. The van der Waals surface area contributed by atoms with Crippen molar-refractivity contribution in [3.63, 3.8) is 0 Å². The Kier molecular flexibility index (Phi) is 8.87. The first kappa shape index (κ1) is 21.8. The number of aryl methyl sites for hydroxylation is 2. The molecule has 0 saturated carbocycles. The van der Waals surface area contributed by atoms with Gasteiger partial charge in [-0.2, -0.15) is 0 Å². The van der Waals surface area contributed by atoms with Gasteiger partial charge in [-0.3, -0.25) is 9.79 Å². The fourth-order valence-corrected chi connectivity index (χ4v) is 3.28. The van der Waals surface area contributed by atoms with E-state index in [9.17, 15) is 9.18 Å². The summed E-state index contributed by atoms with van der Waals surface area (Å²) in [5.41, 5.74) is 0.840. The van der Waals surface area contributed by atoms with Crippen molar-refractivity contribution in [2.24, 2.45) is 4.99 Å². The van der Waals surface area contributed by atoms with Crippen LogP contribution in [0.5, 0.6) is 0 Å². The Morgan fingerprint density at radius 2 is 2.00 bits per heavy atom. The third-order valence-corrected chi connectivity index (χ3v) is 5.23. The summed E-state index contributed by atoms with van der Waals surface area (Å²) < 4.78 is 13.6. The van der Waals surface area contributed by atoms with Crippen LogP contribution in [-0.2, 0) is 12.8 Å². The van der Waals surface area contributed by atoms with Crippen LogP contribution >= 0.6 is 11.3 Å². The molecule has 0 saturated heterocycles. The van der Waals surface area contributed by atoms with Gasteiger partial charge in [0.25, 0.3) is 5.91 Å². The Labute approximate surface area is 169 Å². The van der Waals surface area contributed by atoms with Gasteiger partial charge in [0, 0.05) is 49.2 Å². The van der Waals surface area contributed by atoms with Gasteiger partial charge >= 0.3 is 0 Å². The number of carbonyl (C=O) groups is 1. The molecule has 152 valence electrons. The molecular formula is C20H28FN5OS. The predicted octanol–water partition coefficient (Wildman–Crippen LogP) is 2.68. The lowest BCUT2D eigenvalue weighted by Gasteiger charge is -2.12. The minimum absolute atomic E-state index is 0.293. The molecule has 28 heavy (non-hydrogen) atoms. The van der Waals surface area contributed by atoms with E-state index in [2.05, 4.69) is 32.9 Å². The highest BCUT2D eigenvalue weighted by Gasteiger charge is 2.07. The molecule has 1 aromatic carbocycles. The van der Waals surface area contributed by atoms with Crippen LogP contribution < -0.4 is 16.0 Å². The highest BCUT2D eigenvalue weighted by molar-refractivity contribution is 7.11. The van der Waals surface area contributed by atoms with Crippen molar-refractivity contribution in [1.82, 2.24) is 20.9 Å². The lowest BCUT2D eigenvalue weighted by atomic mass is 10.1. The van der Waals surface area contributed by atoms with Crippen LogP contribution in [0.4, 0.5) is 4.39 Å². The van der Waals surface area contributed by atoms with E-state index in [4.69, 9.17) is 0 Å². The molecule has 3 N–H and O–H groups in total. The normalized spacial score (nSPS) is 11.4. The van der Waals surface area contributed by atoms with Crippen LogP contribution in [0, 0.1) is 12.7 Å². The highest BCUT2D eigenvalue weighted by Crippen LogP contribution is 2.13. The van der Waals surface area contributed by atoms with Gasteiger partial charge < -0.3 is 16.0 Å². The topological polar surface area (TPSA) is 78.4 Å². The fraction of sp³-hybridized carbons (Fsp3) is 0.450. The first-order valence-electron chi connectivity index (χ1n) is 9.53. The van der Waals surface area contributed by atoms with E-state index in [1.165, 1.54) is 10.9 Å². The Morgan fingerprint density at radius 3 is 2.68 bits per heavy atom. The van der Waals surface area contributed by atoms with Gasteiger partial charge in [-0.15, -0.1) is 11.3 Å². The zero-order chi connectivity index (χ0) is 20.4. The zero-order valence-electron chi connectivity index (χ0n) is 16.6. The minimum atomic E-state index is -0.376. The molecule has 0 bridgehead atoms. The Hall–Kier alpha value is -2.48. The molecule has 8 heteroatoms. The Balaban J connectivity index is 1.75. The van der Waals surface area contributed by atoms with E-state index in [1.54, 1.807) is 30.4 Å². The zero-order valence-corrected chi connectivity index (χ0v) is 17.5. The van der Waals surface area contributed by atoms with Crippen molar-refractivity contribution < 1.29 is 9.18 Å². The number of benzene rings is 1. The molecule has 2 aromatic rings. The second kappa shape index (κ2) is 11.4. The Morgan fingerprint density at radius 1 is 1.21 bits per heavy atom. The summed E-state index contributed by atoms with van der Waals surface area (Å²) in [6.45, 7) is 8.10. The Bertz CT molecular complexity index is 806. The molecule has 1 heterocycles. The number of carbonyl (C=O) groups excluding carboxylic acids is 1. The number of guanidine groups is 1. The van der Waals surface area contributed by atoms with Crippen molar-refractivity contribution in [3.8, 4) is 0 Å². The number of hydrogen-bond acceptors (Lipinski definition) is 4.